The fourth-order valence-corrected chi connectivity index (χ4v) is 2.42. The zero-order chi connectivity index (χ0) is 14.2. The fourth-order valence-electron chi connectivity index (χ4n) is 2.16. The van der Waals surface area contributed by atoms with Gasteiger partial charge in [-0.25, -0.2) is 0 Å². The van der Waals surface area contributed by atoms with Crippen LogP contribution in [0.1, 0.15) is 20.3 Å². The van der Waals surface area contributed by atoms with Crippen LogP contribution in [-0.2, 0) is 14.4 Å². The van der Waals surface area contributed by atoms with Crippen molar-refractivity contribution in [1.29, 1.82) is 0 Å². The first kappa shape index (κ1) is 13.9. The molecule has 1 saturated heterocycles. The first-order valence-electron chi connectivity index (χ1n) is 5.95. The molecule has 1 aliphatic heterocycles. The van der Waals surface area contributed by atoms with Gasteiger partial charge in [0.15, 0.2) is 0 Å². The van der Waals surface area contributed by atoms with Crippen LogP contribution in [-0.4, -0.2) is 18.1 Å². The Morgan fingerprint density at radius 2 is 1.84 bits per heavy atom. The molecule has 2 amide bonds. The van der Waals surface area contributed by atoms with Crippen molar-refractivity contribution in [2.24, 2.45) is 11.3 Å². The molecular weight excluding hydrogens is 310 g/mol. The number of benzene rings is 1. The Balaban J connectivity index is 2.34. The lowest BCUT2D eigenvalue weighted by Gasteiger charge is -2.23. The molecule has 1 atom stereocenters. The van der Waals surface area contributed by atoms with E-state index in [1.165, 1.54) is 4.90 Å². The van der Waals surface area contributed by atoms with Crippen LogP contribution in [0.15, 0.2) is 28.7 Å². The second-order valence-corrected chi connectivity index (χ2v) is 6.16. The molecule has 0 bridgehead atoms. The van der Waals surface area contributed by atoms with E-state index in [-0.39, 0.29) is 18.2 Å². The van der Waals surface area contributed by atoms with Gasteiger partial charge in [0.25, 0.3) is 0 Å². The summed E-state index contributed by atoms with van der Waals surface area (Å²) in [6.45, 7) is 3.36. The van der Waals surface area contributed by atoms with Gasteiger partial charge in [0, 0.05) is 16.3 Å². The van der Waals surface area contributed by atoms with Crippen molar-refractivity contribution in [3.05, 3.63) is 28.7 Å². The molecule has 4 nitrogen and oxygen atoms in total. The summed E-state index contributed by atoms with van der Waals surface area (Å²) < 4.78 is 0.875. The summed E-state index contributed by atoms with van der Waals surface area (Å²) >= 11 is 3.30. The highest BCUT2D eigenvalue weighted by atomic mass is 79.9. The maximum Gasteiger partial charge on any atom is 0.238 e. The molecular formula is C14H14BrNO3. The zero-order valence-electron chi connectivity index (χ0n) is 10.7. The molecule has 1 aromatic rings. The monoisotopic (exact) mass is 323 g/mol. The number of imide groups is 1. The van der Waals surface area contributed by atoms with E-state index in [0.717, 1.165) is 10.8 Å². The maximum atomic E-state index is 12.3. The van der Waals surface area contributed by atoms with Gasteiger partial charge in [-0.15, -0.1) is 0 Å². The van der Waals surface area contributed by atoms with Crippen LogP contribution < -0.4 is 4.90 Å². The summed E-state index contributed by atoms with van der Waals surface area (Å²) in [5, 5.41) is 0. The summed E-state index contributed by atoms with van der Waals surface area (Å²) in [6.07, 6.45) is 0.828. The highest BCUT2D eigenvalue weighted by Crippen LogP contribution is 2.36. The first-order chi connectivity index (χ1) is 8.86. The number of amides is 2. The molecule has 0 aliphatic carbocycles. The second-order valence-electron chi connectivity index (χ2n) is 5.24. The molecule has 100 valence electrons. The molecule has 19 heavy (non-hydrogen) atoms. The Hall–Kier alpha value is -1.49. The molecule has 0 unspecified atom stereocenters. The van der Waals surface area contributed by atoms with Crippen molar-refractivity contribution in [1.82, 2.24) is 0 Å². The molecule has 0 N–H and O–H groups in total. The SMILES string of the molecule is CC(C)(C=O)[C@@H]1CC(=O)N(c2ccc(Br)cc2)C1=O. The summed E-state index contributed by atoms with van der Waals surface area (Å²) in [7, 11) is 0. The minimum atomic E-state index is -0.823. The zero-order valence-corrected chi connectivity index (χ0v) is 12.3. The van der Waals surface area contributed by atoms with Gasteiger partial charge in [0.2, 0.25) is 11.8 Å². The van der Waals surface area contributed by atoms with Crippen molar-refractivity contribution in [2.45, 2.75) is 20.3 Å². The number of halogens is 1. The average molecular weight is 324 g/mol. The Morgan fingerprint density at radius 1 is 1.26 bits per heavy atom. The number of rotatable bonds is 3. The normalized spacial score (nSPS) is 19.9. The van der Waals surface area contributed by atoms with E-state index in [0.29, 0.717) is 5.69 Å². The smallest absolute Gasteiger partial charge is 0.238 e. The van der Waals surface area contributed by atoms with Gasteiger partial charge < -0.3 is 4.79 Å². The van der Waals surface area contributed by atoms with E-state index >= 15 is 0 Å². The number of hydrogen-bond acceptors (Lipinski definition) is 3. The third kappa shape index (κ3) is 2.47. The number of anilines is 1. The molecule has 2 rings (SSSR count). The fraction of sp³-hybridized carbons (Fsp3) is 0.357. The van der Waals surface area contributed by atoms with Crippen LogP contribution in [0.5, 0.6) is 0 Å². The third-order valence-electron chi connectivity index (χ3n) is 3.43. The predicted octanol–water partition coefficient (Wildman–Crippen LogP) is 2.55. The molecule has 1 fully saturated rings. The number of aldehydes is 1. The van der Waals surface area contributed by atoms with Gasteiger partial charge in [-0.05, 0) is 24.3 Å². The third-order valence-corrected chi connectivity index (χ3v) is 3.96. The van der Waals surface area contributed by atoms with Crippen molar-refractivity contribution in [3.63, 3.8) is 0 Å². The quantitative estimate of drug-likeness (QED) is 0.634. The van der Waals surface area contributed by atoms with Crippen LogP contribution in [0.3, 0.4) is 0 Å². The van der Waals surface area contributed by atoms with Crippen molar-refractivity contribution < 1.29 is 14.4 Å². The van der Waals surface area contributed by atoms with Crippen LogP contribution in [0.25, 0.3) is 0 Å². The van der Waals surface area contributed by atoms with E-state index in [4.69, 9.17) is 0 Å². The Morgan fingerprint density at radius 3 is 2.37 bits per heavy atom. The number of carbonyl (C=O) groups is 3. The summed E-state index contributed by atoms with van der Waals surface area (Å²) in [5.41, 5.74) is -0.279. The van der Waals surface area contributed by atoms with Gasteiger partial charge in [-0.3, -0.25) is 14.5 Å². The number of nitrogens with zero attached hydrogens (tertiary/aromatic N) is 1. The highest BCUT2D eigenvalue weighted by Gasteiger charge is 2.47. The largest absolute Gasteiger partial charge is 0.303 e. The Kier molecular flexibility index (Phi) is 3.58. The summed E-state index contributed by atoms with van der Waals surface area (Å²) in [6, 6.07) is 6.95. The Bertz CT molecular complexity index is 536. The summed E-state index contributed by atoms with van der Waals surface area (Å²) in [5.74, 6) is -1.14. The average Bonchev–Trinajstić information content (AvgIpc) is 2.67. The lowest BCUT2D eigenvalue weighted by atomic mass is 9.79. The molecule has 1 heterocycles. The molecule has 0 aromatic heterocycles. The highest BCUT2D eigenvalue weighted by molar-refractivity contribution is 9.10. The van der Waals surface area contributed by atoms with Gasteiger partial charge in [-0.2, -0.15) is 0 Å². The lowest BCUT2D eigenvalue weighted by molar-refractivity contribution is -0.129. The van der Waals surface area contributed by atoms with Crippen LogP contribution in [0, 0.1) is 11.3 Å². The number of carbonyl (C=O) groups excluding carboxylic acids is 3. The molecule has 0 radical (unpaired) electrons. The van der Waals surface area contributed by atoms with Crippen LogP contribution in [0.4, 0.5) is 5.69 Å². The molecule has 1 aliphatic rings. The van der Waals surface area contributed by atoms with Crippen molar-refractivity contribution in [3.8, 4) is 0 Å². The van der Waals surface area contributed by atoms with Gasteiger partial charge in [0.1, 0.15) is 6.29 Å². The molecule has 0 saturated carbocycles. The Labute approximate surface area is 119 Å². The van der Waals surface area contributed by atoms with Crippen molar-refractivity contribution in [2.75, 3.05) is 4.90 Å². The maximum absolute atomic E-state index is 12.3. The molecule has 5 heteroatoms. The lowest BCUT2D eigenvalue weighted by Crippen LogP contribution is -2.35. The van der Waals surface area contributed by atoms with E-state index in [2.05, 4.69) is 15.9 Å². The van der Waals surface area contributed by atoms with E-state index < -0.39 is 11.3 Å². The van der Waals surface area contributed by atoms with E-state index in [9.17, 15) is 14.4 Å². The standard InChI is InChI=1S/C14H14BrNO3/c1-14(2,8-17)11-7-12(18)16(13(11)19)10-5-3-9(15)4-6-10/h3-6,8,11H,7H2,1-2H3/t11-/m1/s1. The molecule has 1 aromatic carbocycles. The van der Waals surface area contributed by atoms with Crippen LogP contribution in [0.2, 0.25) is 0 Å². The van der Waals surface area contributed by atoms with Gasteiger partial charge >= 0.3 is 0 Å². The predicted molar refractivity (Wildman–Crippen MR) is 74.6 cm³/mol. The van der Waals surface area contributed by atoms with Gasteiger partial charge in [0.05, 0.1) is 11.6 Å². The minimum Gasteiger partial charge on any atom is -0.303 e. The van der Waals surface area contributed by atoms with Crippen molar-refractivity contribution >= 4 is 39.7 Å². The van der Waals surface area contributed by atoms with E-state index in [1.807, 2.05) is 0 Å². The number of hydrogen-bond donors (Lipinski definition) is 0. The van der Waals surface area contributed by atoms with Crippen LogP contribution >= 0.6 is 15.9 Å². The second kappa shape index (κ2) is 4.89. The topological polar surface area (TPSA) is 54.5 Å². The first-order valence-corrected chi connectivity index (χ1v) is 6.75. The summed E-state index contributed by atoms with van der Waals surface area (Å²) in [4.78, 5) is 36.6. The minimum absolute atomic E-state index is 0.0840. The van der Waals surface area contributed by atoms with Gasteiger partial charge in [-0.1, -0.05) is 29.8 Å². The van der Waals surface area contributed by atoms with E-state index in [1.54, 1.807) is 38.1 Å². The molecule has 0 spiro atoms.